The van der Waals surface area contributed by atoms with Gasteiger partial charge in [-0.05, 0) is 24.3 Å². The molecule has 34 heavy (non-hydrogen) atoms. The Morgan fingerprint density at radius 1 is 1.12 bits per heavy atom. The van der Waals surface area contributed by atoms with Crippen molar-refractivity contribution in [2.24, 2.45) is 11.1 Å². The standard InChI is InChI=1S/C26H19N3O5/c1-32-21-15-17(11-12-20(21)33-14-13-27)23-22(24(30)16-7-3-2-4-8-16)26(34-29-23)18-9-5-6-10-19(18)28-25(26)31/h2-12,15,22H,14H2,1H3,(H,28,31)/t22-,26-/m0/s1. The molecule has 2 atom stereocenters. The number of rotatable bonds is 6. The number of oxime groups is 1. The molecule has 168 valence electrons. The highest BCUT2D eigenvalue weighted by Gasteiger charge is 2.63. The van der Waals surface area contributed by atoms with Crippen molar-refractivity contribution in [2.45, 2.75) is 5.60 Å². The summed E-state index contributed by atoms with van der Waals surface area (Å²) < 4.78 is 10.8. The molecule has 1 amide bonds. The number of ketones is 1. The van der Waals surface area contributed by atoms with E-state index in [-0.39, 0.29) is 12.4 Å². The molecule has 0 fully saturated rings. The average Bonchev–Trinajstić information content (AvgIpc) is 3.41. The predicted octanol–water partition coefficient (Wildman–Crippen LogP) is 3.68. The van der Waals surface area contributed by atoms with E-state index in [1.165, 1.54) is 7.11 Å². The molecule has 0 aliphatic carbocycles. The Hall–Kier alpha value is -4.64. The molecule has 3 aromatic carbocycles. The lowest BCUT2D eigenvalue weighted by Crippen LogP contribution is -2.46. The van der Waals surface area contributed by atoms with Crippen molar-refractivity contribution >= 4 is 23.1 Å². The fourth-order valence-corrected chi connectivity index (χ4v) is 4.40. The third-order valence-corrected chi connectivity index (χ3v) is 5.95. The molecular weight excluding hydrogens is 434 g/mol. The normalized spacial score (nSPS) is 20.1. The number of ether oxygens (including phenoxy) is 2. The van der Waals surface area contributed by atoms with E-state index in [4.69, 9.17) is 19.6 Å². The van der Waals surface area contributed by atoms with Gasteiger partial charge in [0, 0.05) is 22.4 Å². The van der Waals surface area contributed by atoms with Crippen LogP contribution in [0, 0.1) is 17.2 Å². The van der Waals surface area contributed by atoms with Crippen molar-refractivity contribution in [3.8, 4) is 17.6 Å². The number of hydrogen-bond acceptors (Lipinski definition) is 7. The van der Waals surface area contributed by atoms with Crippen molar-refractivity contribution in [2.75, 3.05) is 19.0 Å². The highest BCUT2D eigenvalue weighted by atomic mass is 16.7. The van der Waals surface area contributed by atoms with Gasteiger partial charge in [0.2, 0.25) is 0 Å². The summed E-state index contributed by atoms with van der Waals surface area (Å²) in [6.07, 6.45) is 0. The van der Waals surface area contributed by atoms with Gasteiger partial charge in [-0.1, -0.05) is 53.7 Å². The van der Waals surface area contributed by atoms with Crippen LogP contribution in [-0.2, 0) is 15.2 Å². The Bertz CT molecular complexity index is 1360. The van der Waals surface area contributed by atoms with Gasteiger partial charge in [-0.15, -0.1) is 0 Å². The molecule has 2 aliphatic heterocycles. The van der Waals surface area contributed by atoms with E-state index in [9.17, 15) is 9.59 Å². The third-order valence-electron chi connectivity index (χ3n) is 5.95. The van der Waals surface area contributed by atoms with Crippen LogP contribution in [0.4, 0.5) is 5.69 Å². The van der Waals surface area contributed by atoms with Crippen LogP contribution in [0.15, 0.2) is 78.0 Å². The minimum absolute atomic E-state index is 0.144. The fourth-order valence-electron chi connectivity index (χ4n) is 4.40. The zero-order valence-electron chi connectivity index (χ0n) is 18.1. The number of benzene rings is 3. The van der Waals surface area contributed by atoms with Crippen LogP contribution < -0.4 is 14.8 Å². The van der Waals surface area contributed by atoms with Crippen LogP contribution in [0.3, 0.4) is 0 Å². The molecule has 0 saturated heterocycles. The third kappa shape index (κ3) is 3.18. The number of nitriles is 1. The Morgan fingerprint density at radius 2 is 1.88 bits per heavy atom. The van der Waals surface area contributed by atoms with E-state index in [1.54, 1.807) is 66.7 Å². The SMILES string of the molecule is COc1cc(C2=NO[C@]3(C(=O)Nc4ccccc43)[C@@H]2C(=O)c2ccccc2)ccc1OCC#N. The number of fused-ring (bicyclic) bond motifs is 2. The van der Waals surface area contributed by atoms with E-state index in [2.05, 4.69) is 10.5 Å². The van der Waals surface area contributed by atoms with E-state index in [0.29, 0.717) is 39.6 Å². The number of anilines is 1. The molecule has 0 unspecified atom stereocenters. The summed E-state index contributed by atoms with van der Waals surface area (Å²) in [5.41, 5.74) is 0.752. The summed E-state index contributed by atoms with van der Waals surface area (Å²) in [5.74, 6) is -1.07. The highest BCUT2D eigenvalue weighted by molar-refractivity contribution is 6.24. The second-order valence-electron chi connectivity index (χ2n) is 7.78. The Kier molecular flexibility index (Phi) is 5.22. The van der Waals surface area contributed by atoms with E-state index in [0.717, 1.165) is 0 Å². The van der Waals surface area contributed by atoms with Crippen LogP contribution >= 0.6 is 0 Å². The lowest BCUT2D eigenvalue weighted by atomic mass is 9.74. The summed E-state index contributed by atoms with van der Waals surface area (Å²) in [6.45, 7) is -0.144. The topological polar surface area (TPSA) is 110 Å². The molecule has 2 aliphatic rings. The van der Waals surface area contributed by atoms with Crippen LogP contribution in [0.2, 0.25) is 0 Å². The van der Waals surface area contributed by atoms with Crippen molar-refractivity contribution in [3.05, 3.63) is 89.5 Å². The summed E-state index contributed by atoms with van der Waals surface area (Å²) in [7, 11) is 1.47. The Balaban J connectivity index is 1.65. The molecule has 1 N–H and O–H groups in total. The maximum atomic E-state index is 13.9. The Morgan fingerprint density at radius 3 is 2.65 bits per heavy atom. The molecule has 3 aromatic rings. The van der Waals surface area contributed by atoms with Crippen molar-refractivity contribution in [1.82, 2.24) is 0 Å². The number of Topliss-reactive ketones (excluding diaryl/α,β-unsaturated/α-hetero) is 1. The summed E-state index contributed by atoms with van der Waals surface area (Å²) >= 11 is 0. The molecule has 8 heteroatoms. The number of amides is 1. The molecule has 0 aromatic heterocycles. The first kappa shape index (κ1) is 21.2. The van der Waals surface area contributed by atoms with Gasteiger partial charge in [-0.3, -0.25) is 9.59 Å². The van der Waals surface area contributed by atoms with Crippen LogP contribution in [0.1, 0.15) is 21.5 Å². The van der Waals surface area contributed by atoms with Gasteiger partial charge in [-0.25, -0.2) is 0 Å². The first-order chi connectivity index (χ1) is 16.6. The predicted molar refractivity (Wildman–Crippen MR) is 123 cm³/mol. The zero-order chi connectivity index (χ0) is 23.7. The second kappa shape index (κ2) is 8.37. The summed E-state index contributed by atoms with van der Waals surface area (Å²) in [4.78, 5) is 33.1. The van der Waals surface area contributed by atoms with E-state index < -0.39 is 17.4 Å². The summed E-state index contributed by atoms with van der Waals surface area (Å²) in [5, 5.41) is 15.9. The van der Waals surface area contributed by atoms with Crippen molar-refractivity contribution in [3.63, 3.8) is 0 Å². The fraction of sp³-hybridized carbons (Fsp3) is 0.154. The van der Waals surface area contributed by atoms with Gasteiger partial charge in [0.15, 0.2) is 23.9 Å². The largest absolute Gasteiger partial charge is 0.493 e. The van der Waals surface area contributed by atoms with Gasteiger partial charge < -0.3 is 19.6 Å². The van der Waals surface area contributed by atoms with Gasteiger partial charge in [0.05, 0.1) is 7.11 Å². The second-order valence-corrected chi connectivity index (χ2v) is 7.78. The molecule has 0 radical (unpaired) electrons. The van der Waals surface area contributed by atoms with Gasteiger partial charge >= 0.3 is 0 Å². The van der Waals surface area contributed by atoms with E-state index in [1.807, 2.05) is 12.1 Å². The molecule has 5 rings (SSSR count). The molecule has 0 saturated carbocycles. The average molecular weight is 453 g/mol. The smallest absolute Gasteiger partial charge is 0.277 e. The maximum absolute atomic E-state index is 13.9. The molecular formula is C26H19N3O5. The van der Waals surface area contributed by atoms with Crippen molar-refractivity contribution < 1.29 is 23.9 Å². The number of para-hydroxylation sites is 1. The molecule has 8 nitrogen and oxygen atoms in total. The van der Waals surface area contributed by atoms with Crippen LogP contribution in [0.25, 0.3) is 0 Å². The lowest BCUT2D eigenvalue weighted by Gasteiger charge is -2.26. The minimum Gasteiger partial charge on any atom is -0.493 e. The first-order valence-electron chi connectivity index (χ1n) is 10.5. The number of hydrogen-bond donors (Lipinski definition) is 1. The maximum Gasteiger partial charge on any atom is 0.277 e. The summed E-state index contributed by atoms with van der Waals surface area (Å²) in [6, 6.07) is 22.7. The van der Waals surface area contributed by atoms with E-state index >= 15 is 0 Å². The monoisotopic (exact) mass is 453 g/mol. The minimum atomic E-state index is -1.64. The number of carbonyl (C=O) groups is 2. The van der Waals surface area contributed by atoms with Crippen molar-refractivity contribution in [1.29, 1.82) is 5.26 Å². The Labute approximate surface area is 195 Å². The first-order valence-corrected chi connectivity index (χ1v) is 10.5. The van der Waals surface area contributed by atoms with Crippen LogP contribution in [0.5, 0.6) is 11.5 Å². The number of carbonyl (C=O) groups excluding carboxylic acids is 2. The van der Waals surface area contributed by atoms with Gasteiger partial charge in [0.1, 0.15) is 17.7 Å². The number of methoxy groups -OCH3 is 1. The molecule has 1 spiro atoms. The number of nitrogens with one attached hydrogen (secondary N) is 1. The number of nitrogens with zero attached hydrogens (tertiary/aromatic N) is 2. The molecule has 2 heterocycles. The zero-order valence-corrected chi connectivity index (χ0v) is 18.1. The lowest BCUT2D eigenvalue weighted by molar-refractivity contribution is -0.140. The highest BCUT2D eigenvalue weighted by Crippen LogP contribution is 2.50. The van der Waals surface area contributed by atoms with Gasteiger partial charge in [-0.2, -0.15) is 5.26 Å². The van der Waals surface area contributed by atoms with Crippen LogP contribution in [-0.4, -0.2) is 31.1 Å². The van der Waals surface area contributed by atoms with Gasteiger partial charge in [0.25, 0.3) is 11.5 Å². The quantitative estimate of drug-likeness (QED) is 0.570. The molecule has 0 bridgehead atoms.